The molecule has 1 saturated carbocycles. The molecule has 0 aromatic heterocycles. The van der Waals surface area contributed by atoms with Crippen LogP contribution in [0.25, 0.3) is 0 Å². The average Bonchev–Trinajstić information content (AvgIpc) is 3.58. The number of aliphatic carboxylic acids is 1. The topological polar surface area (TPSA) is 88.1 Å². The van der Waals surface area contributed by atoms with Crippen LogP contribution in [0.4, 0.5) is 4.79 Å². The standard InChI is InChI=1S/C25H32N2O5/c1-18-21(31-2)15-20(16-22(18)32-3)17-27(24(30)26-25(12-13-25)23(28)29)14-8-7-11-19-9-5-4-6-10-19/h4-6,9-10,15-16H,7-8,11-14,17H2,1-3H3,(H,26,30)(H,28,29). The Morgan fingerprint density at radius 3 is 2.19 bits per heavy atom. The minimum atomic E-state index is -1.12. The zero-order valence-electron chi connectivity index (χ0n) is 19.0. The van der Waals surface area contributed by atoms with Gasteiger partial charge in [-0.05, 0) is 62.3 Å². The Morgan fingerprint density at radius 2 is 1.66 bits per heavy atom. The second-order valence-electron chi connectivity index (χ2n) is 8.31. The Balaban J connectivity index is 1.71. The minimum absolute atomic E-state index is 0.333. The Labute approximate surface area is 189 Å². The number of ether oxygens (including phenoxy) is 2. The normalized spacial score (nSPS) is 13.8. The lowest BCUT2D eigenvalue weighted by Crippen LogP contribution is -2.49. The van der Waals surface area contributed by atoms with Crippen LogP contribution in [0.3, 0.4) is 0 Å². The molecule has 0 unspecified atom stereocenters. The predicted molar refractivity (Wildman–Crippen MR) is 122 cm³/mol. The van der Waals surface area contributed by atoms with Gasteiger partial charge in [0.25, 0.3) is 0 Å². The van der Waals surface area contributed by atoms with Gasteiger partial charge < -0.3 is 24.8 Å². The van der Waals surface area contributed by atoms with Crippen molar-refractivity contribution < 1.29 is 24.2 Å². The molecule has 0 bridgehead atoms. The summed E-state index contributed by atoms with van der Waals surface area (Å²) < 4.78 is 10.9. The molecule has 2 amide bonds. The zero-order chi connectivity index (χ0) is 23.1. The highest BCUT2D eigenvalue weighted by molar-refractivity contribution is 5.89. The monoisotopic (exact) mass is 440 g/mol. The number of carbonyl (C=O) groups is 2. The molecule has 0 heterocycles. The zero-order valence-corrected chi connectivity index (χ0v) is 19.0. The Kier molecular flexibility index (Phi) is 7.62. The minimum Gasteiger partial charge on any atom is -0.496 e. The van der Waals surface area contributed by atoms with Gasteiger partial charge in [0.05, 0.1) is 14.2 Å². The van der Waals surface area contributed by atoms with Gasteiger partial charge in [0.1, 0.15) is 17.0 Å². The third kappa shape index (κ3) is 5.72. The quantitative estimate of drug-likeness (QED) is 0.512. The van der Waals surface area contributed by atoms with E-state index in [1.807, 2.05) is 37.3 Å². The third-order valence-corrected chi connectivity index (χ3v) is 5.96. The van der Waals surface area contributed by atoms with Gasteiger partial charge in [0.2, 0.25) is 0 Å². The Bertz CT molecular complexity index is 916. The highest BCUT2D eigenvalue weighted by atomic mass is 16.5. The lowest BCUT2D eigenvalue weighted by Gasteiger charge is -2.26. The number of urea groups is 1. The number of nitrogens with one attached hydrogen (secondary N) is 1. The molecule has 1 aliphatic rings. The van der Waals surface area contributed by atoms with Gasteiger partial charge in [-0.15, -0.1) is 0 Å². The molecule has 0 aliphatic heterocycles. The van der Waals surface area contributed by atoms with Crippen molar-refractivity contribution in [2.75, 3.05) is 20.8 Å². The molecule has 2 aromatic rings. The number of hydrogen-bond acceptors (Lipinski definition) is 4. The molecule has 7 nitrogen and oxygen atoms in total. The van der Waals surface area contributed by atoms with Crippen LogP contribution in [-0.4, -0.2) is 48.3 Å². The van der Waals surface area contributed by atoms with Crippen LogP contribution in [0.1, 0.15) is 42.4 Å². The van der Waals surface area contributed by atoms with Crippen LogP contribution in [-0.2, 0) is 17.8 Å². The van der Waals surface area contributed by atoms with Crippen molar-refractivity contribution in [3.8, 4) is 11.5 Å². The van der Waals surface area contributed by atoms with E-state index in [0.29, 0.717) is 37.4 Å². The van der Waals surface area contributed by atoms with E-state index in [-0.39, 0.29) is 6.03 Å². The second kappa shape index (κ2) is 10.4. The van der Waals surface area contributed by atoms with Crippen LogP contribution in [0.15, 0.2) is 42.5 Å². The van der Waals surface area contributed by atoms with E-state index in [1.54, 1.807) is 19.1 Å². The lowest BCUT2D eigenvalue weighted by molar-refractivity contribution is -0.140. The van der Waals surface area contributed by atoms with E-state index < -0.39 is 11.5 Å². The summed E-state index contributed by atoms with van der Waals surface area (Å²) in [7, 11) is 3.20. The number of unbranched alkanes of at least 4 members (excludes halogenated alkanes) is 1. The first kappa shape index (κ1) is 23.4. The number of benzene rings is 2. The van der Waals surface area contributed by atoms with Gasteiger partial charge in [0.15, 0.2) is 0 Å². The van der Waals surface area contributed by atoms with Crippen molar-refractivity contribution in [3.05, 3.63) is 59.2 Å². The Hall–Kier alpha value is -3.22. The molecule has 0 atom stereocenters. The molecule has 0 spiro atoms. The first-order valence-corrected chi connectivity index (χ1v) is 10.9. The molecule has 0 saturated heterocycles. The summed E-state index contributed by atoms with van der Waals surface area (Å²) >= 11 is 0. The molecule has 2 N–H and O–H groups in total. The van der Waals surface area contributed by atoms with Gasteiger partial charge in [-0.2, -0.15) is 0 Å². The maximum atomic E-state index is 13.0. The lowest BCUT2D eigenvalue weighted by atomic mass is 10.1. The molecular formula is C25H32N2O5. The molecule has 172 valence electrons. The highest BCUT2D eigenvalue weighted by Gasteiger charge is 2.52. The van der Waals surface area contributed by atoms with E-state index in [4.69, 9.17) is 9.47 Å². The van der Waals surface area contributed by atoms with Crippen molar-refractivity contribution in [3.63, 3.8) is 0 Å². The van der Waals surface area contributed by atoms with Crippen LogP contribution in [0.2, 0.25) is 0 Å². The molecular weight excluding hydrogens is 408 g/mol. The molecule has 2 aromatic carbocycles. The summed E-state index contributed by atoms with van der Waals surface area (Å²) in [4.78, 5) is 26.3. The summed E-state index contributed by atoms with van der Waals surface area (Å²) in [5, 5.41) is 12.2. The molecule has 1 fully saturated rings. The Morgan fingerprint density at radius 1 is 1.03 bits per heavy atom. The average molecular weight is 441 g/mol. The van der Waals surface area contributed by atoms with Gasteiger partial charge >= 0.3 is 12.0 Å². The largest absolute Gasteiger partial charge is 0.496 e. The number of carboxylic acids is 1. The van der Waals surface area contributed by atoms with Crippen molar-refractivity contribution in [2.24, 2.45) is 0 Å². The first-order valence-electron chi connectivity index (χ1n) is 10.9. The summed E-state index contributed by atoms with van der Waals surface area (Å²) in [6, 6.07) is 13.7. The van der Waals surface area contributed by atoms with Crippen LogP contribution in [0, 0.1) is 6.92 Å². The van der Waals surface area contributed by atoms with Crippen LogP contribution < -0.4 is 14.8 Å². The van der Waals surface area contributed by atoms with E-state index in [2.05, 4.69) is 17.4 Å². The van der Waals surface area contributed by atoms with E-state index >= 15 is 0 Å². The predicted octanol–water partition coefficient (Wildman–Crippen LogP) is 4.16. The first-order chi connectivity index (χ1) is 15.4. The van der Waals surface area contributed by atoms with Crippen molar-refractivity contribution >= 4 is 12.0 Å². The molecule has 3 rings (SSSR count). The number of hydrogen-bond donors (Lipinski definition) is 2. The highest BCUT2D eigenvalue weighted by Crippen LogP contribution is 2.36. The molecule has 32 heavy (non-hydrogen) atoms. The fourth-order valence-electron chi connectivity index (χ4n) is 3.78. The maximum Gasteiger partial charge on any atom is 0.329 e. The number of rotatable bonds is 11. The summed E-state index contributed by atoms with van der Waals surface area (Å²) in [6.07, 6.45) is 3.59. The third-order valence-electron chi connectivity index (χ3n) is 5.96. The van der Waals surface area contributed by atoms with Crippen molar-refractivity contribution in [1.29, 1.82) is 0 Å². The maximum absolute atomic E-state index is 13.0. The fraction of sp³-hybridized carbons (Fsp3) is 0.440. The number of amides is 2. The second-order valence-corrected chi connectivity index (χ2v) is 8.31. The van der Waals surface area contributed by atoms with Gasteiger partial charge in [-0.3, -0.25) is 0 Å². The number of carboxylic acid groups (broad SMARTS) is 1. The summed E-state index contributed by atoms with van der Waals surface area (Å²) in [5.41, 5.74) is 1.89. The number of aryl methyl sites for hydroxylation is 1. The number of nitrogens with zero attached hydrogens (tertiary/aromatic N) is 1. The van der Waals surface area contributed by atoms with Gasteiger partial charge in [-0.25, -0.2) is 9.59 Å². The number of carbonyl (C=O) groups excluding carboxylic acids is 1. The van der Waals surface area contributed by atoms with Crippen LogP contribution in [0.5, 0.6) is 11.5 Å². The van der Waals surface area contributed by atoms with Crippen molar-refractivity contribution in [1.82, 2.24) is 10.2 Å². The smallest absolute Gasteiger partial charge is 0.329 e. The van der Waals surface area contributed by atoms with Gasteiger partial charge in [-0.1, -0.05) is 30.3 Å². The SMILES string of the molecule is COc1cc(CN(CCCCc2ccccc2)C(=O)NC2(C(=O)O)CC2)cc(OC)c1C. The fourth-order valence-corrected chi connectivity index (χ4v) is 3.78. The van der Waals surface area contributed by atoms with E-state index in [1.165, 1.54) is 5.56 Å². The van der Waals surface area contributed by atoms with E-state index in [0.717, 1.165) is 30.4 Å². The van der Waals surface area contributed by atoms with E-state index in [9.17, 15) is 14.7 Å². The molecule has 1 aliphatic carbocycles. The van der Waals surface area contributed by atoms with Gasteiger partial charge in [0, 0.05) is 18.7 Å². The number of methoxy groups -OCH3 is 2. The molecule has 7 heteroatoms. The van der Waals surface area contributed by atoms with Crippen LogP contribution >= 0.6 is 0 Å². The molecule has 0 radical (unpaired) electrons. The summed E-state index contributed by atoms with van der Waals surface area (Å²) in [6.45, 7) is 2.77. The van der Waals surface area contributed by atoms with Crippen molar-refractivity contribution in [2.45, 2.75) is 51.1 Å². The summed E-state index contributed by atoms with van der Waals surface area (Å²) in [5.74, 6) is 0.398.